The van der Waals surface area contributed by atoms with Crippen molar-refractivity contribution >= 4 is 11.6 Å². The SMILES string of the molecule is NC(=O)C(O)C(O)c1cnc(F)c(N)c1. The van der Waals surface area contributed by atoms with Gasteiger partial charge in [0, 0.05) is 11.8 Å². The molecule has 2 unspecified atom stereocenters. The van der Waals surface area contributed by atoms with Gasteiger partial charge in [-0.1, -0.05) is 0 Å². The first-order chi connectivity index (χ1) is 6.93. The molecule has 1 rings (SSSR count). The zero-order chi connectivity index (χ0) is 11.6. The summed E-state index contributed by atoms with van der Waals surface area (Å²) < 4.78 is 12.6. The molecule has 0 aliphatic carbocycles. The normalized spacial score (nSPS) is 14.6. The predicted octanol–water partition coefficient (Wildman–Crippen LogP) is -1.32. The topological polar surface area (TPSA) is 122 Å². The molecule has 0 spiro atoms. The lowest BCUT2D eigenvalue weighted by Gasteiger charge is -2.14. The molecule has 0 bridgehead atoms. The number of nitrogens with two attached hydrogens (primary N) is 2. The number of rotatable bonds is 3. The van der Waals surface area contributed by atoms with Crippen molar-refractivity contribution in [3.05, 3.63) is 23.8 Å². The van der Waals surface area contributed by atoms with E-state index in [2.05, 4.69) is 4.98 Å². The number of hydrogen-bond acceptors (Lipinski definition) is 5. The number of nitrogen functional groups attached to an aromatic ring is 1. The second kappa shape index (κ2) is 4.20. The molecule has 0 radical (unpaired) electrons. The minimum absolute atomic E-state index is 0.0141. The monoisotopic (exact) mass is 215 g/mol. The van der Waals surface area contributed by atoms with Crippen molar-refractivity contribution in [3.8, 4) is 0 Å². The van der Waals surface area contributed by atoms with Crippen LogP contribution in [-0.4, -0.2) is 27.2 Å². The molecule has 15 heavy (non-hydrogen) atoms. The number of carbonyl (C=O) groups is 1. The molecule has 1 aromatic rings. The van der Waals surface area contributed by atoms with Gasteiger partial charge in [0.15, 0.2) is 6.10 Å². The number of aromatic nitrogens is 1. The van der Waals surface area contributed by atoms with Crippen LogP contribution >= 0.6 is 0 Å². The minimum Gasteiger partial charge on any atom is -0.395 e. The maximum absolute atomic E-state index is 12.6. The van der Waals surface area contributed by atoms with Gasteiger partial charge in [-0.05, 0) is 6.07 Å². The number of amides is 1. The molecule has 6 N–H and O–H groups in total. The molecular weight excluding hydrogens is 205 g/mol. The van der Waals surface area contributed by atoms with E-state index in [9.17, 15) is 14.3 Å². The van der Waals surface area contributed by atoms with Crippen LogP contribution in [0, 0.1) is 5.95 Å². The molecule has 0 fully saturated rings. The third-order valence-corrected chi connectivity index (χ3v) is 1.82. The van der Waals surface area contributed by atoms with Crippen molar-refractivity contribution < 1.29 is 19.4 Å². The Morgan fingerprint density at radius 2 is 2.13 bits per heavy atom. The Morgan fingerprint density at radius 1 is 1.53 bits per heavy atom. The molecule has 0 aliphatic rings. The average Bonchev–Trinajstić information content (AvgIpc) is 2.19. The summed E-state index contributed by atoms with van der Waals surface area (Å²) in [4.78, 5) is 13.8. The summed E-state index contributed by atoms with van der Waals surface area (Å²) in [6.07, 6.45) is -2.39. The first kappa shape index (κ1) is 11.3. The molecule has 0 saturated heterocycles. The van der Waals surface area contributed by atoms with Crippen molar-refractivity contribution in [3.63, 3.8) is 0 Å². The number of pyridine rings is 1. The van der Waals surface area contributed by atoms with Gasteiger partial charge in [0.05, 0.1) is 5.69 Å². The van der Waals surface area contributed by atoms with Gasteiger partial charge in [0.25, 0.3) is 0 Å². The van der Waals surface area contributed by atoms with Crippen LogP contribution in [0.2, 0.25) is 0 Å². The summed E-state index contributed by atoms with van der Waals surface area (Å²) in [5, 5.41) is 18.5. The Kier molecular flexibility index (Phi) is 3.17. The highest BCUT2D eigenvalue weighted by Crippen LogP contribution is 2.19. The highest BCUT2D eigenvalue weighted by atomic mass is 19.1. The van der Waals surface area contributed by atoms with Crippen LogP contribution in [0.25, 0.3) is 0 Å². The molecule has 1 aromatic heterocycles. The quantitative estimate of drug-likeness (QED) is 0.466. The van der Waals surface area contributed by atoms with Gasteiger partial charge in [0.2, 0.25) is 11.9 Å². The van der Waals surface area contributed by atoms with Gasteiger partial charge >= 0.3 is 0 Å². The van der Waals surface area contributed by atoms with Gasteiger partial charge in [-0.25, -0.2) is 4.98 Å². The number of nitrogens with zero attached hydrogens (tertiary/aromatic N) is 1. The Bertz CT molecular complexity index is 385. The molecule has 1 amide bonds. The highest BCUT2D eigenvalue weighted by Gasteiger charge is 2.24. The largest absolute Gasteiger partial charge is 0.395 e. The van der Waals surface area contributed by atoms with Crippen molar-refractivity contribution in [1.82, 2.24) is 4.98 Å². The Morgan fingerprint density at radius 3 is 2.60 bits per heavy atom. The van der Waals surface area contributed by atoms with E-state index in [-0.39, 0.29) is 11.3 Å². The van der Waals surface area contributed by atoms with E-state index < -0.39 is 24.1 Å². The summed E-state index contributed by atoms with van der Waals surface area (Å²) in [7, 11) is 0. The van der Waals surface area contributed by atoms with E-state index in [1.807, 2.05) is 0 Å². The van der Waals surface area contributed by atoms with Gasteiger partial charge in [-0.3, -0.25) is 4.79 Å². The molecule has 0 aromatic carbocycles. The van der Waals surface area contributed by atoms with Crippen molar-refractivity contribution in [2.45, 2.75) is 12.2 Å². The average molecular weight is 215 g/mol. The van der Waals surface area contributed by atoms with E-state index in [1.54, 1.807) is 0 Å². The molecule has 82 valence electrons. The Balaban J connectivity index is 2.96. The lowest BCUT2D eigenvalue weighted by Crippen LogP contribution is -2.34. The first-order valence-electron chi connectivity index (χ1n) is 4.00. The van der Waals surface area contributed by atoms with Crippen LogP contribution in [0.15, 0.2) is 12.3 Å². The van der Waals surface area contributed by atoms with Crippen molar-refractivity contribution in [2.75, 3.05) is 5.73 Å². The number of carbonyl (C=O) groups excluding carboxylic acids is 1. The summed E-state index contributed by atoms with van der Waals surface area (Å²) in [5.41, 5.74) is 9.68. The van der Waals surface area contributed by atoms with Crippen LogP contribution in [0.5, 0.6) is 0 Å². The third-order valence-electron chi connectivity index (χ3n) is 1.82. The van der Waals surface area contributed by atoms with Gasteiger partial charge in [-0.2, -0.15) is 4.39 Å². The third kappa shape index (κ3) is 2.39. The fourth-order valence-corrected chi connectivity index (χ4v) is 0.982. The number of anilines is 1. The lowest BCUT2D eigenvalue weighted by atomic mass is 10.1. The standard InChI is InChI=1S/C8H10FN3O3/c9-7-4(10)1-3(2-12-7)5(13)6(14)8(11)15/h1-2,5-6,13-14H,10H2,(H2,11,15). The van der Waals surface area contributed by atoms with E-state index in [1.165, 1.54) is 0 Å². The molecular formula is C8H10FN3O3. The predicted molar refractivity (Wildman–Crippen MR) is 48.8 cm³/mol. The number of aliphatic hydroxyl groups excluding tert-OH is 2. The maximum atomic E-state index is 12.6. The second-order valence-electron chi connectivity index (χ2n) is 2.94. The van der Waals surface area contributed by atoms with E-state index in [0.717, 1.165) is 12.3 Å². The number of primary amides is 1. The first-order valence-corrected chi connectivity index (χ1v) is 4.00. The lowest BCUT2D eigenvalue weighted by molar-refractivity contribution is -0.131. The van der Waals surface area contributed by atoms with Crippen LogP contribution in [-0.2, 0) is 4.79 Å². The number of aliphatic hydroxyl groups is 2. The highest BCUT2D eigenvalue weighted by molar-refractivity contribution is 5.79. The number of halogens is 1. The van der Waals surface area contributed by atoms with Gasteiger partial charge in [0.1, 0.15) is 6.10 Å². The van der Waals surface area contributed by atoms with E-state index in [0.29, 0.717) is 0 Å². The molecule has 6 nitrogen and oxygen atoms in total. The van der Waals surface area contributed by atoms with Gasteiger partial charge in [-0.15, -0.1) is 0 Å². The van der Waals surface area contributed by atoms with E-state index >= 15 is 0 Å². The zero-order valence-electron chi connectivity index (χ0n) is 7.59. The van der Waals surface area contributed by atoms with Crippen LogP contribution in [0.3, 0.4) is 0 Å². The Hall–Kier alpha value is -1.73. The Labute approximate surface area is 84.3 Å². The van der Waals surface area contributed by atoms with Crippen LogP contribution in [0.4, 0.5) is 10.1 Å². The fourth-order valence-electron chi connectivity index (χ4n) is 0.982. The molecule has 0 saturated carbocycles. The fraction of sp³-hybridized carbons (Fsp3) is 0.250. The second-order valence-corrected chi connectivity index (χ2v) is 2.94. The van der Waals surface area contributed by atoms with Crippen LogP contribution in [0.1, 0.15) is 11.7 Å². The van der Waals surface area contributed by atoms with Gasteiger partial charge < -0.3 is 21.7 Å². The smallest absolute Gasteiger partial charge is 0.249 e. The van der Waals surface area contributed by atoms with Crippen molar-refractivity contribution in [2.24, 2.45) is 5.73 Å². The van der Waals surface area contributed by atoms with Crippen LogP contribution < -0.4 is 11.5 Å². The maximum Gasteiger partial charge on any atom is 0.249 e. The molecule has 7 heteroatoms. The summed E-state index contributed by atoms with van der Waals surface area (Å²) in [6.45, 7) is 0. The summed E-state index contributed by atoms with van der Waals surface area (Å²) in [6, 6.07) is 1.07. The number of hydrogen-bond donors (Lipinski definition) is 4. The molecule has 1 heterocycles. The van der Waals surface area contributed by atoms with Crippen molar-refractivity contribution in [1.29, 1.82) is 0 Å². The van der Waals surface area contributed by atoms with E-state index in [4.69, 9.17) is 16.6 Å². The zero-order valence-corrected chi connectivity index (χ0v) is 7.59. The summed E-state index contributed by atoms with van der Waals surface area (Å²) >= 11 is 0. The molecule has 2 atom stereocenters. The molecule has 0 aliphatic heterocycles. The summed E-state index contributed by atoms with van der Waals surface area (Å²) in [5.74, 6) is -1.98. The minimum atomic E-state index is -1.78.